The molecule has 0 aromatic carbocycles. The zero-order valence-electron chi connectivity index (χ0n) is 10.3. The fraction of sp³-hybridized carbons (Fsp3) is 0.857. The van der Waals surface area contributed by atoms with Crippen LogP contribution in [0.4, 0.5) is 0 Å². The molecule has 2 rings (SSSR count). The Kier molecular flexibility index (Phi) is 3.85. The van der Waals surface area contributed by atoms with Crippen LogP contribution in [0.1, 0.15) is 39.5 Å². The van der Waals surface area contributed by atoms with Crippen LogP contribution < -0.4 is 0 Å². The van der Waals surface area contributed by atoms with Crippen molar-refractivity contribution in [2.75, 3.05) is 19.6 Å². The van der Waals surface area contributed by atoms with Gasteiger partial charge in [-0.1, -0.05) is 19.1 Å². The van der Waals surface area contributed by atoms with Crippen LogP contribution in [0.2, 0.25) is 0 Å². The number of fused-ring (bicyclic) bond motifs is 1. The maximum Gasteiger partial charge on any atom is 0.00131 e. The Morgan fingerprint density at radius 1 is 1.33 bits per heavy atom. The maximum absolute atomic E-state index is 2.69. The molecule has 0 aromatic rings. The topological polar surface area (TPSA) is 3.24 Å². The zero-order valence-corrected chi connectivity index (χ0v) is 10.3. The molecule has 1 nitrogen and oxygen atoms in total. The zero-order chi connectivity index (χ0) is 10.7. The summed E-state index contributed by atoms with van der Waals surface area (Å²) >= 11 is 0. The van der Waals surface area contributed by atoms with E-state index in [4.69, 9.17) is 0 Å². The van der Waals surface area contributed by atoms with Crippen molar-refractivity contribution in [3.05, 3.63) is 12.2 Å². The molecule has 0 aromatic heterocycles. The number of nitrogens with zero attached hydrogens (tertiary/aromatic N) is 1. The molecule has 0 spiro atoms. The van der Waals surface area contributed by atoms with Gasteiger partial charge in [0.1, 0.15) is 0 Å². The van der Waals surface area contributed by atoms with Gasteiger partial charge >= 0.3 is 0 Å². The first kappa shape index (κ1) is 11.2. The van der Waals surface area contributed by atoms with Gasteiger partial charge in [-0.2, -0.15) is 0 Å². The normalized spacial score (nSPS) is 32.1. The number of rotatable bonds is 6. The van der Waals surface area contributed by atoms with Crippen LogP contribution in [0.5, 0.6) is 0 Å². The standard InChI is InChI=1S/C14H25N/c1-3-4-5-6-7-12(2)9-15-10-13-8-14(13)11-15/h3-4,12-14H,5-11H2,1-2H3/b4-3-. The quantitative estimate of drug-likeness (QED) is 0.477. The molecule has 1 aliphatic heterocycles. The highest BCUT2D eigenvalue weighted by Gasteiger charge is 2.44. The van der Waals surface area contributed by atoms with Crippen molar-refractivity contribution < 1.29 is 0 Å². The third-order valence-corrected chi connectivity index (χ3v) is 3.93. The van der Waals surface area contributed by atoms with Crippen molar-refractivity contribution in [3.8, 4) is 0 Å². The van der Waals surface area contributed by atoms with Crippen LogP contribution in [0.25, 0.3) is 0 Å². The lowest BCUT2D eigenvalue weighted by atomic mass is 10.0. The Hall–Kier alpha value is -0.300. The highest BCUT2D eigenvalue weighted by atomic mass is 15.2. The fourth-order valence-electron chi connectivity index (χ4n) is 2.93. The van der Waals surface area contributed by atoms with Crippen molar-refractivity contribution in [2.24, 2.45) is 17.8 Å². The van der Waals surface area contributed by atoms with E-state index in [0.29, 0.717) is 0 Å². The van der Waals surface area contributed by atoms with Crippen molar-refractivity contribution >= 4 is 0 Å². The predicted octanol–water partition coefficient (Wildman–Crippen LogP) is 3.32. The Morgan fingerprint density at radius 2 is 2.07 bits per heavy atom. The minimum atomic E-state index is 0.896. The van der Waals surface area contributed by atoms with Crippen LogP contribution >= 0.6 is 0 Å². The average Bonchev–Trinajstić information content (AvgIpc) is 2.82. The molecule has 0 amide bonds. The van der Waals surface area contributed by atoms with Gasteiger partial charge in [-0.3, -0.25) is 0 Å². The van der Waals surface area contributed by atoms with Gasteiger partial charge in [0.05, 0.1) is 0 Å². The van der Waals surface area contributed by atoms with Crippen LogP contribution in [0.3, 0.4) is 0 Å². The van der Waals surface area contributed by atoms with Crippen molar-refractivity contribution in [2.45, 2.75) is 39.5 Å². The molecule has 0 bridgehead atoms. The number of hydrogen-bond acceptors (Lipinski definition) is 1. The molecule has 15 heavy (non-hydrogen) atoms. The smallest absolute Gasteiger partial charge is 0.00131 e. The van der Waals surface area contributed by atoms with E-state index < -0.39 is 0 Å². The lowest BCUT2D eigenvalue weighted by Crippen LogP contribution is -2.27. The van der Waals surface area contributed by atoms with Crippen molar-refractivity contribution in [1.82, 2.24) is 4.90 Å². The molecule has 1 saturated heterocycles. The maximum atomic E-state index is 2.69. The monoisotopic (exact) mass is 207 g/mol. The van der Waals surface area contributed by atoms with E-state index >= 15 is 0 Å². The van der Waals surface area contributed by atoms with Gasteiger partial charge in [0.2, 0.25) is 0 Å². The van der Waals surface area contributed by atoms with E-state index in [1.54, 1.807) is 0 Å². The average molecular weight is 207 g/mol. The summed E-state index contributed by atoms with van der Waals surface area (Å²) in [5.41, 5.74) is 0. The van der Waals surface area contributed by atoms with Crippen LogP contribution in [0.15, 0.2) is 12.2 Å². The van der Waals surface area contributed by atoms with Crippen LogP contribution in [-0.4, -0.2) is 24.5 Å². The minimum absolute atomic E-state index is 0.896. The molecule has 2 aliphatic rings. The summed E-state index contributed by atoms with van der Waals surface area (Å²) in [6, 6.07) is 0. The fourth-order valence-corrected chi connectivity index (χ4v) is 2.93. The van der Waals surface area contributed by atoms with Crippen LogP contribution in [0, 0.1) is 17.8 Å². The van der Waals surface area contributed by atoms with Gasteiger partial charge in [0.25, 0.3) is 0 Å². The second kappa shape index (κ2) is 5.16. The second-order valence-corrected chi connectivity index (χ2v) is 5.58. The Labute approximate surface area is 94.5 Å². The Morgan fingerprint density at radius 3 is 2.73 bits per heavy atom. The molecular formula is C14H25N. The third kappa shape index (κ3) is 3.34. The summed E-state index contributed by atoms with van der Waals surface area (Å²) in [5.74, 6) is 3.09. The molecule has 0 N–H and O–H groups in total. The first-order valence-electron chi connectivity index (χ1n) is 6.63. The highest BCUT2D eigenvalue weighted by molar-refractivity contribution is 4.96. The predicted molar refractivity (Wildman–Crippen MR) is 65.9 cm³/mol. The number of allylic oxidation sites excluding steroid dienone is 2. The van der Waals surface area contributed by atoms with Crippen molar-refractivity contribution in [1.29, 1.82) is 0 Å². The van der Waals surface area contributed by atoms with E-state index in [-0.39, 0.29) is 0 Å². The lowest BCUT2D eigenvalue weighted by molar-refractivity contribution is 0.254. The van der Waals surface area contributed by atoms with Gasteiger partial charge in [-0.25, -0.2) is 0 Å². The Balaban J connectivity index is 1.54. The summed E-state index contributed by atoms with van der Waals surface area (Å²) in [5, 5.41) is 0. The molecule has 0 radical (unpaired) electrons. The SMILES string of the molecule is C/C=C\CCCC(C)CN1CC2CC2C1. The molecule has 1 saturated carbocycles. The van der Waals surface area contributed by atoms with Gasteiger partial charge in [-0.05, 0) is 50.4 Å². The summed E-state index contributed by atoms with van der Waals surface area (Å²) < 4.78 is 0. The molecule has 3 atom stereocenters. The number of unbranched alkanes of at least 4 members (excludes halogenated alkanes) is 1. The summed E-state index contributed by atoms with van der Waals surface area (Å²) in [4.78, 5) is 2.69. The van der Waals surface area contributed by atoms with E-state index in [1.165, 1.54) is 45.3 Å². The van der Waals surface area contributed by atoms with E-state index in [0.717, 1.165) is 17.8 Å². The molecule has 1 heteroatoms. The molecular weight excluding hydrogens is 182 g/mol. The van der Waals surface area contributed by atoms with Crippen molar-refractivity contribution in [3.63, 3.8) is 0 Å². The largest absolute Gasteiger partial charge is 0.302 e. The summed E-state index contributed by atoms with van der Waals surface area (Å²) in [6.45, 7) is 8.69. The first-order valence-corrected chi connectivity index (χ1v) is 6.63. The third-order valence-electron chi connectivity index (χ3n) is 3.93. The highest BCUT2D eigenvalue weighted by Crippen LogP contribution is 2.44. The minimum Gasteiger partial charge on any atom is -0.302 e. The molecule has 1 aliphatic carbocycles. The second-order valence-electron chi connectivity index (χ2n) is 5.58. The van der Waals surface area contributed by atoms with E-state index in [9.17, 15) is 0 Å². The van der Waals surface area contributed by atoms with Gasteiger partial charge in [0.15, 0.2) is 0 Å². The van der Waals surface area contributed by atoms with Gasteiger partial charge < -0.3 is 4.90 Å². The van der Waals surface area contributed by atoms with E-state index in [1.807, 2.05) is 0 Å². The number of likely N-dealkylation sites (tertiary alicyclic amines) is 1. The first-order chi connectivity index (χ1) is 7.29. The molecule has 3 unspecified atom stereocenters. The number of piperidine rings is 1. The Bertz CT molecular complexity index is 211. The van der Waals surface area contributed by atoms with Gasteiger partial charge in [0, 0.05) is 19.6 Å². The van der Waals surface area contributed by atoms with Crippen LogP contribution in [-0.2, 0) is 0 Å². The summed E-state index contributed by atoms with van der Waals surface area (Å²) in [6.07, 6.45) is 10.0. The lowest BCUT2D eigenvalue weighted by Gasteiger charge is -2.21. The van der Waals surface area contributed by atoms with Gasteiger partial charge in [-0.15, -0.1) is 0 Å². The van der Waals surface area contributed by atoms with E-state index in [2.05, 4.69) is 30.9 Å². The molecule has 2 fully saturated rings. The molecule has 86 valence electrons. The molecule has 1 heterocycles. The summed E-state index contributed by atoms with van der Waals surface area (Å²) in [7, 11) is 0. The number of hydrogen-bond donors (Lipinski definition) is 0.